The fraction of sp³-hybridized carbons (Fsp3) is 0.538. The normalized spacial score (nSPS) is 23.1. The van der Waals surface area contributed by atoms with Gasteiger partial charge in [0.2, 0.25) is 0 Å². The van der Waals surface area contributed by atoms with Crippen LogP contribution in [0.2, 0.25) is 5.02 Å². The maximum atomic E-state index is 12.5. The van der Waals surface area contributed by atoms with Crippen molar-refractivity contribution in [3.8, 4) is 5.75 Å². The van der Waals surface area contributed by atoms with E-state index in [-0.39, 0.29) is 29.6 Å². The van der Waals surface area contributed by atoms with Gasteiger partial charge in [0.15, 0.2) is 0 Å². The van der Waals surface area contributed by atoms with Gasteiger partial charge in [-0.2, -0.15) is 13.2 Å². The zero-order valence-corrected chi connectivity index (χ0v) is 12.2. The Morgan fingerprint density at radius 3 is 2.25 bits per heavy atom. The molecule has 1 aromatic carbocycles. The van der Waals surface area contributed by atoms with Crippen LogP contribution in [0.15, 0.2) is 18.2 Å². The molecule has 0 heterocycles. The minimum atomic E-state index is -4.39. The molecule has 0 spiro atoms. The van der Waals surface area contributed by atoms with Gasteiger partial charge in [0.1, 0.15) is 5.75 Å². The molecule has 1 fully saturated rings. The molecule has 1 aliphatic carbocycles. The predicted octanol–water partition coefficient (Wildman–Crippen LogP) is 4.43. The van der Waals surface area contributed by atoms with E-state index in [1.807, 2.05) is 0 Å². The number of alkyl halides is 3. The van der Waals surface area contributed by atoms with Gasteiger partial charge in [0.05, 0.1) is 16.7 Å². The van der Waals surface area contributed by atoms with Crippen LogP contribution in [0.25, 0.3) is 0 Å². The van der Waals surface area contributed by atoms with Crippen LogP contribution in [-0.4, -0.2) is 12.1 Å². The lowest BCUT2D eigenvalue weighted by atomic mass is 9.94. The fourth-order valence-electron chi connectivity index (χ4n) is 2.16. The first-order valence-corrected chi connectivity index (χ1v) is 6.53. The minimum Gasteiger partial charge on any atom is -0.489 e. The second kappa shape index (κ2) is 6.87. The van der Waals surface area contributed by atoms with Gasteiger partial charge in [-0.3, -0.25) is 0 Å². The predicted molar refractivity (Wildman–Crippen MR) is 74.6 cm³/mol. The topological polar surface area (TPSA) is 35.2 Å². The van der Waals surface area contributed by atoms with Crippen molar-refractivity contribution in [3.63, 3.8) is 0 Å². The first-order chi connectivity index (χ1) is 8.86. The van der Waals surface area contributed by atoms with E-state index >= 15 is 0 Å². The van der Waals surface area contributed by atoms with E-state index in [2.05, 4.69) is 0 Å². The fourth-order valence-corrected chi connectivity index (χ4v) is 2.38. The van der Waals surface area contributed by atoms with E-state index < -0.39 is 11.7 Å². The number of nitrogens with two attached hydrogens (primary N) is 1. The zero-order valence-electron chi connectivity index (χ0n) is 10.6. The largest absolute Gasteiger partial charge is 0.489 e. The van der Waals surface area contributed by atoms with Gasteiger partial charge < -0.3 is 10.5 Å². The maximum absolute atomic E-state index is 12.5. The summed E-state index contributed by atoms with van der Waals surface area (Å²) in [5.74, 6) is 0.301. The van der Waals surface area contributed by atoms with Crippen LogP contribution in [0.3, 0.4) is 0 Å². The summed E-state index contributed by atoms with van der Waals surface area (Å²) in [4.78, 5) is 0. The zero-order chi connectivity index (χ0) is 14.0. The molecule has 114 valence electrons. The van der Waals surface area contributed by atoms with Crippen LogP contribution in [0, 0.1) is 0 Å². The Morgan fingerprint density at radius 1 is 1.15 bits per heavy atom. The quantitative estimate of drug-likeness (QED) is 0.871. The smallest absolute Gasteiger partial charge is 0.416 e. The summed E-state index contributed by atoms with van der Waals surface area (Å²) in [5.41, 5.74) is 5.01. The molecule has 0 aromatic heterocycles. The van der Waals surface area contributed by atoms with Crippen molar-refractivity contribution in [2.24, 2.45) is 5.73 Å². The molecule has 1 saturated carbocycles. The summed E-state index contributed by atoms with van der Waals surface area (Å²) in [6.45, 7) is 0. The highest BCUT2D eigenvalue weighted by molar-refractivity contribution is 6.32. The molecule has 2 rings (SSSR count). The summed E-state index contributed by atoms with van der Waals surface area (Å²) in [7, 11) is 0. The molecule has 0 atom stereocenters. The Bertz CT molecular complexity index is 446. The van der Waals surface area contributed by atoms with E-state index in [1.54, 1.807) is 0 Å². The van der Waals surface area contributed by atoms with Gasteiger partial charge in [-0.1, -0.05) is 11.6 Å². The summed E-state index contributed by atoms with van der Waals surface area (Å²) in [6.07, 6.45) is -1.07. The Kier molecular flexibility index (Phi) is 5.98. The second-order valence-corrected chi connectivity index (χ2v) is 5.20. The van der Waals surface area contributed by atoms with Crippen LogP contribution in [0.4, 0.5) is 13.2 Å². The van der Waals surface area contributed by atoms with Crippen LogP contribution < -0.4 is 10.5 Å². The third kappa shape index (κ3) is 4.43. The molecule has 0 radical (unpaired) electrons. The van der Waals surface area contributed by atoms with E-state index in [1.165, 1.54) is 6.07 Å². The molecule has 2 nitrogen and oxygen atoms in total. The molecule has 0 unspecified atom stereocenters. The van der Waals surface area contributed by atoms with Crippen molar-refractivity contribution in [3.05, 3.63) is 28.8 Å². The monoisotopic (exact) mass is 329 g/mol. The summed E-state index contributed by atoms with van der Waals surface area (Å²) >= 11 is 5.83. The number of hydrogen-bond donors (Lipinski definition) is 1. The lowest BCUT2D eigenvalue weighted by Crippen LogP contribution is -2.31. The Morgan fingerprint density at radius 2 is 1.75 bits per heavy atom. The molecule has 0 saturated heterocycles. The van der Waals surface area contributed by atoms with Gasteiger partial charge in [0, 0.05) is 6.04 Å². The third-order valence-corrected chi connectivity index (χ3v) is 3.57. The van der Waals surface area contributed by atoms with Crippen molar-refractivity contribution in [1.29, 1.82) is 0 Å². The number of benzene rings is 1. The molecule has 2 N–H and O–H groups in total. The molecule has 1 aliphatic rings. The SMILES string of the molecule is Cl.NC1CCC(Oc2ccc(C(F)(F)F)cc2Cl)CC1. The highest BCUT2D eigenvalue weighted by atomic mass is 35.5. The van der Waals surface area contributed by atoms with Crippen molar-refractivity contribution < 1.29 is 17.9 Å². The Balaban J connectivity index is 0.00000200. The Labute approximate surface area is 126 Å². The third-order valence-electron chi connectivity index (χ3n) is 3.27. The second-order valence-electron chi connectivity index (χ2n) is 4.80. The highest BCUT2D eigenvalue weighted by Gasteiger charge is 2.31. The van der Waals surface area contributed by atoms with E-state index in [4.69, 9.17) is 22.1 Å². The molecular weight excluding hydrogens is 314 g/mol. The van der Waals surface area contributed by atoms with Crippen LogP contribution >= 0.6 is 24.0 Å². The van der Waals surface area contributed by atoms with Crippen molar-refractivity contribution >= 4 is 24.0 Å². The van der Waals surface area contributed by atoms with Gasteiger partial charge in [-0.05, 0) is 43.9 Å². The minimum absolute atomic E-state index is 0. The molecule has 7 heteroatoms. The van der Waals surface area contributed by atoms with Crippen molar-refractivity contribution in [1.82, 2.24) is 0 Å². The standard InChI is InChI=1S/C13H15ClF3NO.ClH/c14-11-7-8(13(15,16)17)1-6-12(11)19-10-4-2-9(18)3-5-10;/h1,6-7,9-10H,2-5,18H2;1H. The molecular formula is C13H16Cl2F3NO. The van der Waals surface area contributed by atoms with E-state index in [0.717, 1.165) is 37.8 Å². The maximum Gasteiger partial charge on any atom is 0.416 e. The molecule has 1 aromatic rings. The lowest BCUT2D eigenvalue weighted by Gasteiger charge is -2.27. The van der Waals surface area contributed by atoms with E-state index in [9.17, 15) is 13.2 Å². The number of halogens is 5. The van der Waals surface area contributed by atoms with Crippen LogP contribution in [0.1, 0.15) is 31.2 Å². The average Bonchev–Trinajstić information content (AvgIpc) is 2.33. The van der Waals surface area contributed by atoms with Crippen LogP contribution in [0.5, 0.6) is 5.75 Å². The first kappa shape index (κ1) is 17.4. The van der Waals surface area contributed by atoms with Crippen molar-refractivity contribution in [2.45, 2.75) is 44.0 Å². The lowest BCUT2D eigenvalue weighted by molar-refractivity contribution is -0.137. The number of hydrogen-bond acceptors (Lipinski definition) is 2. The van der Waals surface area contributed by atoms with Crippen molar-refractivity contribution in [2.75, 3.05) is 0 Å². The summed E-state index contributed by atoms with van der Waals surface area (Å²) < 4.78 is 43.1. The summed E-state index contributed by atoms with van der Waals surface area (Å²) in [5, 5.41) is -0.00954. The molecule has 0 bridgehead atoms. The highest BCUT2D eigenvalue weighted by Crippen LogP contribution is 2.35. The van der Waals surface area contributed by atoms with Gasteiger partial charge >= 0.3 is 6.18 Å². The van der Waals surface area contributed by atoms with E-state index in [0.29, 0.717) is 5.75 Å². The molecule has 0 amide bonds. The molecule has 20 heavy (non-hydrogen) atoms. The number of rotatable bonds is 2. The Hall–Kier alpha value is -0.650. The van der Waals surface area contributed by atoms with Gasteiger partial charge in [0.25, 0.3) is 0 Å². The van der Waals surface area contributed by atoms with Gasteiger partial charge in [-0.25, -0.2) is 0 Å². The van der Waals surface area contributed by atoms with Crippen LogP contribution in [-0.2, 0) is 6.18 Å². The first-order valence-electron chi connectivity index (χ1n) is 6.15. The summed E-state index contributed by atoms with van der Waals surface area (Å²) in [6, 6.07) is 3.35. The molecule has 0 aliphatic heterocycles. The number of ether oxygens (including phenoxy) is 1. The average molecular weight is 330 g/mol. The van der Waals surface area contributed by atoms with Gasteiger partial charge in [-0.15, -0.1) is 12.4 Å².